The van der Waals surface area contributed by atoms with E-state index in [1.807, 2.05) is 29.2 Å². The third-order valence-corrected chi connectivity index (χ3v) is 8.59. The van der Waals surface area contributed by atoms with E-state index in [0.717, 1.165) is 47.7 Å². The summed E-state index contributed by atoms with van der Waals surface area (Å²) >= 11 is 6.70. The molecular formula is C35H44ClN5O4. The van der Waals surface area contributed by atoms with Crippen molar-refractivity contribution in [2.24, 2.45) is 5.92 Å². The van der Waals surface area contributed by atoms with Crippen molar-refractivity contribution >= 4 is 28.7 Å². The average molecular weight is 634 g/mol. The molecule has 0 N–H and O–H groups in total. The second-order valence-electron chi connectivity index (χ2n) is 11.9. The number of likely N-dealkylation sites (tertiary alicyclic amines) is 1. The Kier molecular flexibility index (Phi) is 11.2. The lowest BCUT2D eigenvalue weighted by atomic mass is 10.1. The highest BCUT2D eigenvalue weighted by Crippen LogP contribution is 2.38. The minimum absolute atomic E-state index is 0.197. The lowest BCUT2D eigenvalue weighted by molar-refractivity contribution is 0.0729. The Bertz CT molecular complexity index is 1580. The van der Waals surface area contributed by atoms with Crippen LogP contribution >= 0.6 is 11.6 Å². The van der Waals surface area contributed by atoms with Crippen molar-refractivity contribution < 1.29 is 19.0 Å². The molecule has 9 nitrogen and oxygen atoms in total. The predicted octanol–water partition coefficient (Wildman–Crippen LogP) is 6.70. The number of nitrogens with zero attached hydrogens (tertiary/aromatic N) is 5. The van der Waals surface area contributed by atoms with Gasteiger partial charge in [0.25, 0.3) is 5.91 Å². The molecule has 1 amide bonds. The third-order valence-electron chi connectivity index (χ3n) is 8.22. The lowest BCUT2D eigenvalue weighted by Gasteiger charge is -2.25. The summed E-state index contributed by atoms with van der Waals surface area (Å²) in [6.45, 7) is 9.83. The Balaban J connectivity index is 1.39. The van der Waals surface area contributed by atoms with E-state index in [2.05, 4.69) is 40.4 Å². The van der Waals surface area contributed by atoms with Gasteiger partial charge in [0.2, 0.25) is 0 Å². The SMILES string of the molecule is COc1ccc(C(=O)N(CCC(C)C)Cc2nc3cccnc3n2Cc2cccc(OCCCN3CCCC3)c2)c(Cl)c1OC. The zero-order chi connectivity index (χ0) is 31.8. The summed E-state index contributed by atoms with van der Waals surface area (Å²) in [4.78, 5) is 28.0. The maximum absolute atomic E-state index is 14.1. The van der Waals surface area contributed by atoms with Crippen LogP contribution in [0.15, 0.2) is 54.7 Å². The number of rotatable bonds is 15. The van der Waals surface area contributed by atoms with Gasteiger partial charge in [-0.05, 0) is 86.7 Å². The fourth-order valence-corrected chi connectivity index (χ4v) is 6.07. The number of amides is 1. The number of fused-ring (bicyclic) bond motifs is 1. The van der Waals surface area contributed by atoms with Crippen LogP contribution in [0.1, 0.15) is 61.3 Å². The van der Waals surface area contributed by atoms with E-state index in [0.29, 0.717) is 49.2 Å². The highest BCUT2D eigenvalue weighted by molar-refractivity contribution is 6.35. The molecule has 0 radical (unpaired) electrons. The van der Waals surface area contributed by atoms with Crippen LogP contribution < -0.4 is 14.2 Å². The molecule has 0 bridgehead atoms. The number of pyridine rings is 1. The highest BCUT2D eigenvalue weighted by Gasteiger charge is 2.25. The summed E-state index contributed by atoms with van der Waals surface area (Å²) < 4.78 is 19.1. The summed E-state index contributed by atoms with van der Waals surface area (Å²) in [6.07, 6.45) is 6.21. The Morgan fingerprint density at radius 2 is 1.89 bits per heavy atom. The van der Waals surface area contributed by atoms with E-state index < -0.39 is 0 Å². The third kappa shape index (κ3) is 8.07. The number of halogens is 1. The first-order valence-electron chi connectivity index (χ1n) is 15.8. The topological polar surface area (TPSA) is 82.0 Å². The number of hydrogen-bond donors (Lipinski definition) is 0. The molecule has 0 unspecified atom stereocenters. The van der Waals surface area contributed by atoms with E-state index >= 15 is 0 Å². The summed E-state index contributed by atoms with van der Waals surface area (Å²) in [5.41, 5.74) is 2.97. The van der Waals surface area contributed by atoms with E-state index in [4.69, 9.17) is 30.8 Å². The van der Waals surface area contributed by atoms with Crippen molar-refractivity contribution in [3.05, 3.63) is 76.7 Å². The zero-order valence-corrected chi connectivity index (χ0v) is 27.6. The smallest absolute Gasteiger partial charge is 0.255 e. The first-order chi connectivity index (χ1) is 21.9. The maximum Gasteiger partial charge on any atom is 0.255 e. The van der Waals surface area contributed by atoms with Crippen LogP contribution in [-0.2, 0) is 13.1 Å². The van der Waals surface area contributed by atoms with Crippen molar-refractivity contribution in [1.82, 2.24) is 24.3 Å². The van der Waals surface area contributed by atoms with E-state index in [1.165, 1.54) is 33.0 Å². The van der Waals surface area contributed by atoms with Gasteiger partial charge in [-0.15, -0.1) is 0 Å². The Hall–Kier alpha value is -3.82. The molecule has 45 heavy (non-hydrogen) atoms. The number of ether oxygens (including phenoxy) is 3. The number of hydrogen-bond acceptors (Lipinski definition) is 7. The monoisotopic (exact) mass is 633 g/mol. The number of methoxy groups -OCH3 is 2. The van der Waals surface area contributed by atoms with Gasteiger partial charge in [0.05, 0.1) is 44.5 Å². The van der Waals surface area contributed by atoms with Gasteiger partial charge in [-0.1, -0.05) is 37.6 Å². The van der Waals surface area contributed by atoms with Gasteiger partial charge in [0, 0.05) is 19.3 Å². The van der Waals surface area contributed by atoms with Gasteiger partial charge < -0.3 is 28.6 Å². The molecule has 3 heterocycles. The molecule has 2 aromatic carbocycles. The van der Waals surface area contributed by atoms with Crippen molar-refractivity contribution in [1.29, 1.82) is 0 Å². The largest absolute Gasteiger partial charge is 0.494 e. The van der Waals surface area contributed by atoms with Crippen molar-refractivity contribution in [3.8, 4) is 17.2 Å². The molecule has 1 aliphatic rings. The van der Waals surface area contributed by atoms with Crippen LogP contribution in [0, 0.1) is 5.92 Å². The van der Waals surface area contributed by atoms with Crippen LogP contribution in [0.5, 0.6) is 17.2 Å². The second-order valence-corrected chi connectivity index (χ2v) is 12.3. The van der Waals surface area contributed by atoms with Gasteiger partial charge in [-0.25, -0.2) is 9.97 Å². The first-order valence-corrected chi connectivity index (χ1v) is 16.2. The molecule has 2 aromatic heterocycles. The Morgan fingerprint density at radius 3 is 2.64 bits per heavy atom. The molecule has 1 fully saturated rings. The van der Waals surface area contributed by atoms with Crippen molar-refractivity contribution in [2.75, 3.05) is 47.0 Å². The molecule has 0 atom stereocenters. The van der Waals surface area contributed by atoms with Crippen LogP contribution in [0.4, 0.5) is 0 Å². The Morgan fingerprint density at radius 1 is 1.07 bits per heavy atom. The fourth-order valence-electron chi connectivity index (χ4n) is 5.75. The molecule has 10 heteroatoms. The molecule has 4 aromatic rings. The summed E-state index contributed by atoms with van der Waals surface area (Å²) in [6, 6.07) is 15.4. The van der Waals surface area contributed by atoms with E-state index in [-0.39, 0.29) is 10.9 Å². The first kappa shape index (κ1) is 32.6. The normalized spacial score (nSPS) is 13.5. The van der Waals surface area contributed by atoms with E-state index in [1.54, 1.807) is 25.4 Å². The minimum atomic E-state index is -0.197. The van der Waals surface area contributed by atoms with Gasteiger partial charge in [-0.2, -0.15) is 0 Å². The number of carbonyl (C=O) groups excluding carboxylic acids is 1. The molecule has 1 aliphatic heterocycles. The molecular weight excluding hydrogens is 590 g/mol. The van der Waals surface area contributed by atoms with Crippen LogP contribution in [0.25, 0.3) is 11.2 Å². The van der Waals surface area contributed by atoms with Crippen molar-refractivity contribution in [2.45, 2.75) is 52.6 Å². The van der Waals surface area contributed by atoms with Crippen LogP contribution in [0.2, 0.25) is 5.02 Å². The zero-order valence-electron chi connectivity index (χ0n) is 26.8. The summed E-state index contributed by atoms with van der Waals surface area (Å²) in [5, 5.41) is 0.226. The second kappa shape index (κ2) is 15.5. The van der Waals surface area contributed by atoms with Gasteiger partial charge in [-0.3, -0.25) is 4.79 Å². The van der Waals surface area contributed by atoms with E-state index in [9.17, 15) is 4.79 Å². The quantitative estimate of drug-likeness (QED) is 0.135. The molecule has 0 spiro atoms. The van der Waals surface area contributed by atoms with Crippen LogP contribution in [0.3, 0.4) is 0 Å². The fraction of sp³-hybridized carbons (Fsp3) is 0.457. The number of imidazole rings is 1. The van der Waals surface area contributed by atoms with Gasteiger partial charge in [0.1, 0.15) is 17.1 Å². The minimum Gasteiger partial charge on any atom is -0.494 e. The molecule has 0 saturated carbocycles. The standard InChI is InChI=1S/C35H44ClN5O4/c1-25(2)15-20-40(35(42)28-13-14-30(43-3)33(44-4)32(28)36)24-31-38-29-12-8-16-37-34(29)41(31)23-26-10-7-11-27(22-26)45-21-9-19-39-17-5-6-18-39/h7-8,10-14,16,22,25H,5-6,9,15,17-21,23-24H2,1-4H3. The molecule has 5 rings (SSSR count). The predicted molar refractivity (Wildman–Crippen MR) is 178 cm³/mol. The molecule has 240 valence electrons. The molecule has 1 saturated heterocycles. The summed E-state index contributed by atoms with van der Waals surface area (Å²) in [7, 11) is 3.05. The van der Waals surface area contributed by atoms with Gasteiger partial charge in [0.15, 0.2) is 17.1 Å². The number of benzene rings is 2. The van der Waals surface area contributed by atoms with Crippen LogP contribution in [-0.4, -0.2) is 77.2 Å². The Labute approximate surface area is 271 Å². The number of aromatic nitrogens is 3. The van der Waals surface area contributed by atoms with Gasteiger partial charge >= 0.3 is 0 Å². The maximum atomic E-state index is 14.1. The summed E-state index contributed by atoms with van der Waals surface area (Å²) in [5.74, 6) is 2.61. The average Bonchev–Trinajstić information content (AvgIpc) is 3.69. The highest BCUT2D eigenvalue weighted by atomic mass is 35.5. The van der Waals surface area contributed by atoms with Crippen molar-refractivity contribution in [3.63, 3.8) is 0 Å². The number of carbonyl (C=O) groups is 1. The lowest BCUT2D eigenvalue weighted by Crippen LogP contribution is -2.33. The molecule has 0 aliphatic carbocycles.